The van der Waals surface area contributed by atoms with Crippen LogP contribution >= 0.6 is 0 Å². The summed E-state index contributed by atoms with van der Waals surface area (Å²) < 4.78 is 23.0. The molecule has 3 aromatic carbocycles. The summed E-state index contributed by atoms with van der Waals surface area (Å²) in [5.41, 5.74) is 7.25. The number of rotatable bonds is 10. The van der Waals surface area contributed by atoms with E-state index in [1.807, 2.05) is 12.1 Å². The molecule has 3 aromatic rings. The van der Waals surface area contributed by atoms with Gasteiger partial charge in [0.25, 0.3) is 0 Å². The summed E-state index contributed by atoms with van der Waals surface area (Å²) in [6.45, 7) is 25.0. The average Bonchev–Trinajstić information content (AvgIpc) is 2.87. The molecule has 2 nitrogen and oxygen atoms in total. The first-order chi connectivity index (χ1) is 19.8. The Hall–Kier alpha value is -2.39. The molecule has 3 unspecified atom stereocenters. The van der Waals surface area contributed by atoms with Crippen molar-refractivity contribution >= 4 is 9.84 Å². The van der Waals surface area contributed by atoms with Gasteiger partial charge in [-0.3, -0.25) is 0 Å². The fraction of sp³-hybridized carbons (Fsp3) is 0.550. The van der Waals surface area contributed by atoms with Gasteiger partial charge in [0.15, 0.2) is 9.84 Å². The Morgan fingerprint density at radius 3 is 1.30 bits per heavy atom. The van der Waals surface area contributed by atoms with Crippen molar-refractivity contribution in [1.29, 1.82) is 0 Å². The number of benzene rings is 3. The van der Waals surface area contributed by atoms with Crippen molar-refractivity contribution in [3.63, 3.8) is 0 Å². The average molecular weight is 605 g/mol. The lowest BCUT2D eigenvalue weighted by molar-refractivity contribution is 0.333. The van der Waals surface area contributed by atoms with E-state index >= 15 is 0 Å². The first-order valence-electron chi connectivity index (χ1n) is 16.2. The second-order valence-electron chi connectivity index (χ2n) is 15.6. The minimum atomic E-state index is -3.10. The van der Waals surface area contributed by atoms with Gasteiger partial charge in [0, 0.05) is 6.26 Å². The smallest absolute Gasteiger partial charge is 0.175 e. The Morgan fingerprint density at radius 2 is 0.953 bits per heavy atom. The maximum atomic E-state index is 11.5. The Balaban J connectivity index is 0.000000300. The van der Waals surface area contributed by atoms with E-state index in [9.17, 15) is 8.42 Å². The van der Waals surface area contributed by atoms with Gasteiger partial charge in [-0.05, 0) is 100 Å². The molecule has 0 aliphatic rings. The van der Waals surface area contributed by atoms with Crippen molar-refractivity contribution < 1.29 is 8.42 Å². The predicted octanol–water partition coefficient (Wildman–Crippen LogP) is 11.2. The molecule has 3 rings (SSSR count). The summed E-state index contributed by atoms with van der Waals surface area (Å²) in [6.07, 6.45) is 5.98. The van der Waals surface area contributed by atoms with Gasteiger partial charge >= 0.3 is 0 Å². The van der Waals surface area contributed by atoms with E-state index in [1.54, 1.807) is 12.1 Å². The van der Waals surface area contributed by atoms with Gasteiger partial charge in [0.05, 0.1) is 4.90 Å². The van der Waals surface area contributed by atoms with Crippen molar-refractivity contribution in [2.45, 2.75) is 123 Å². The first kappa shape index (κ1) is 36.8. The molecule has 0 amide bonds. The van der Waals surface area contributed by atoms with E-state index in [2.05, 4.69) is 125 Å². The Bertz CT molecular complexity index is 1280. The number of hydrogen-bond acceptors (Lipinski definition) is 2. The summed E-state index contributed by atoms with van der Waals surface area (Å²) in [5.74, 6) is 2.70. The Morgan fingerprint density at radius 1 is 0.558 bits per heavy atom. The molecule has 0 aliphatic carbocycles. The van der Waals surface area contributed by atoms with E-state index in [0.717, 1.165) is 24.7 Å². The molecular formula is C40H60O2S. The molecular weight excluding hydrogens is 545 g/mol. The van der Waals surface area contributed by atoms with Crippen LogP contribution in [0.2, 0.25) is 0 Å². The molecule has 0 aliphatic heterocycles. The third-order valence-electron chi connectivity index (χ3n) is 8.36. The summed E-state index contributed by atoms with van der Waals surface area (Å²) in [5, 5.41) is 0. The minimum Gasteiger partial charge on any atom is -0.224 e. The van der Waals surface area contributed by atoms with Gasteiger partial charge in [-0.1, -0.05) is 137 Å². The van der Waals surface area contributed by atoms with Gasteiger partial charge in [-0.25, -0.2) is 8.42 Å². The van der Waals surface area contributed by atoms with Crippen LogP contribution in [0.4, 0.5) is 0 Å². The zero-order chi connectivity index (χ0) is 32.6. The molecule has 0 saturated heterocycles. The van der Waals surface area contributed by atoms with Crippen LogP contribution in [0, 0.1) is 17.8 Å². The second-order valence-corrected chi connectivity index (χ2v) is 17.6. The topological polar surface area (TPSA) is 34.1 Å². The highest BCUT2D eigenvalue weighted by atomic mass is 32.2. The molecule has 0 fully saturated rings. The summed E-state index contributed by atoms with van der Waals surface area (Å²) >= 11 is 0. The third kappa shape index (κ3) is 13.0. The third-order valence-corrected chi connectivity index (χ3v) is 9.49. The van der Waals surface area contributed by atoms with E-state index in [0.29, 0.717) is 16.7 Å². The normalized spacial score (nSPS) is 14.5. The molecule has 0 bridgehead atoms. The van der Waals surface area contributed by atoms with Crippen molar-refractivity contribution in [1.82, 2.24) is 0 Å². The molecule has 43 heavy (non-hydrogen) atoms. The van der Waals surface area contributed by atoms with Crippen LogP contribution < -0.4 is 0 Å². The van der Waals surface area contributed by atoms with Crippen LogP contribution in [0.15, 0.2) is 77.7 Å². The fourth-order valence-electron chi connectivity index (χ4n) is 5.95. The van der Waals surface area contributed by atoms with E-state index in [-0.39, 0.29) is 10.8 Å². The first-order valence-corrected chi connectivity index (χ1v) is 18.1. The van der Waals surface area contributed by atoms with Crippen molar-refractivity contribution in [2.75, 3.05) is 6.26 Å². The highest BCUT2D eigenvalue weighted by molar-refractivity contribution is 7.90. The zero-order valence-electron chi connectivity index (χ0n) is 29.3. The maximum absolute atomic E-state index is 11.5. The summed E-state index contributed by atoms with van der Waals surface area (Å²) in [7, 11) is -3.10. The Labute approximate surface area is 265 Å². The van der Waals surface area contributed by atoms with Crippen LogP contribution in [0.5, 0.6) is 0 Å². The molecule has 238 valence electrons. The van der Waals surface area contributed by atoms with Crippen molar-refractivity contribution in [2.24, 2.45) is 17.8 Å². The van der Waals surface area contributed by atoms with Crippen molar-refractivity contribution in [3.05, 3.63) is 101 Å². The van der Waals surface area contributed by atoms with E-state index in [1.165, 1.54) is 46.9 Å². The molecule has 3 atom stereocenters. The molecule has 0 heterocycles. The zero-order valence-corrected chi connectivity index (χ0v) is 30.1. The summed E-state index contributed by atoms with van der Waals surface area (Å²) in [6, 6.07) is 25.5. The van der Waals surface area contributed by atoms with Gasteiger partial charge in [-0.15, -0.1) is 0 Å². The molecule has 3 heteroatoms. The maximum Gasteiger partial charge on any atom is 0.175 e. The van der Waals surface area contributed by atoms with Crippen LogP contribution in [0.25, 0.3) is 0 Å². The van der Waals surface area contributed by atoms with Crippen LogP contribution in [-0.4, -0.2) is 14.7 Å². The van der Waals surface area contributed by atoms with Crippen molar-refractivity contribution in [3.8, 4) is 0 Å². The number of sulfone groups is 1. The van der Waals surface area contributed by atoms with Gasteiger partial charge < -0.3 is 0 Å². The summed E-state index contributed by atoms with van der Waals surface area (Å²) in [4.78, 5) is 0.405. The quantitative estimate of drug-likeness (QED) is 0.231. The number of hydrogen-bond donors (Lipinski definition) is 0. The van der Waals surface area contributed by atoms with Gasteiger partial charge in [0.1, 0.15) is 0 Å². The largest absolute Gasteiger partial charge is 0.224 e. The predicted molar refractivity (Wildman–Crippen MR) is 188 cm³/mol. The molecule has 0 N–H and O–H groups in total. The lowest BCUT2D eigenvalue weighted by Crippen LogP contribution is -2.11. The Kier molecular flexibility index (Phi) is 13.3. The standard InChI is InChI=1S/C21H28.C19H32O2S/c1-20(2,3)18-11-7-16(8-12-18)15-17-9-13-19(14-10-17)21(4,5)6;1-14(2)11-15(3)12-16(4)13-17(5)18-7-9-19(10-8-18)22(6,20)21/h7-14H,15H2,1-6H3;7-10,14-17H,11-13H2,1-6H3. The lowest BCUT2D eigenvalue weighted by Gasteiger charge is -2.22. The molecule has 0 saturated carbocycles. The minimum absolute atomic E-state index is 0.229. The lowest BCUT2D eigenvalue weighted by atomic mass is 9.84. The van der Waals surface area contributed by atoms with Crippen LogP contribution in [-0.2, 0) is 27.1 Å². The van der Waals surface area contributed by atoms with Gasteiger partial charge in [0.2, 0.25) is 0 Å². The molecule has 0 aromatic heterocycles. The molecule has 0 radical (unpaired) electrons. The highest BCUT2D eigenvalue weighted by Gasteiger charge is 2.16. The fourth-order valence-corrected chi connectivity index (χ4v) is 6.58. The second kappa shape index (κ2) is 15.6. The highest BCUT2D eigenvalue weighted by Crippen LogP contribution is 2.29. The monoisotopic (exact) mass is 604 g/mol. The van der Waals surface area contributed by atoms with Crippen LogP contribution in [0.3, 0.4) is 0 Å². The van der Waals surface area contributed by atoms with E-state index in [4.69, 9.17) is 0 Å². The van der Waals surface area contributed by atoms with Gasteiger partial charge in [-0.2, -0.15) is 0 Å². The van der Waals surface area contributed by atoms with E-state index < -0.39 is 9.84 Å². The SMILES string of the molecule is CC(C)(C)c1ccc(Cc2ccc(C(C)(C)C)cc2)cc1.CC(C)CC(C)CC(C)CC(C)c1ccc(S(C)(=O)=O)cc1. The van der Waals surface area contributed by atoms with Crippen LogP contribution in [0.1, 0.15) is 129 Å². The molecule has 0 spiro atoms.